The van der Waals surface area contributed by atoms with Gasteiger partial charge in [-0.1, -0.05) is 23.5 Å². The summed E-state index contributed by atoms with van der Waals surface area (Å²) in [5.74, 6) is 0.518. The summed E-state index contributed by atoms with van der Waals surface area (Å²) in [7, 11) is 0. The Morgan fingerprint density at radius 2 is 1.91 bits per heavy atom. The molecule has 23 heavy (non-hydrogen) atoms. The van der Waals surface area contributed by atoms with Crippen LogP contribution in [-0.4, -0.2) is 42.0 Å². The van der Waals surface area contributed by atoms with Crippen LogP contribution < -0.4 is 4.90 Å². The highest BCUT2D eigenvalue weighted by molar-refractivity contribution is 7.22. The number of benzene rings is 1. The van der Waals surface area contributed by atoms with E-state index in [0.29, 0.717) is 5.91 Å². The molecule has 2 saturated heterocycles. The third-order valence-corrected chi connectivity index (χ3v) is 6.09. The number of likely N-dealkylation sites (tertiary alicyclic amines) is 1. The van der Waals surface area contributed by atoms with Crippen LogP contribution in [0.15, 0.2) is 24.3 Å². The van der Waals surface area contributed by atoms with E-state index in [4.69, 9.17) is 4.98 Å². The number of para-hydroxylation sites is 1. The Kier molecular flexibility index (Phi) is 4.21. The largest absolute Gasteiger partial charge is 0.347 e. The summed E-state index contributed by atoms with van der Waals surface area (Å²) < 4.78 is 1.23. The molecule has 0 aliphatic carbocycles. The van der Waals surface area contributed by atoms with Crippen molar-refractivity contribution in [3.8, 4) is 0 Å². The molecule has 2 aliphatic heterocycles. The van der Waals surface area contributed by atoms with Crippen LogP contribution in [0.3, 0.4) is 0 Å². The molecule has 0 spiro atoms. The molecule has 2 fully saturated rings. The molecule has 2 aromatic rings. The number of amides is 1. The van der Waals surface area contributed by atoms with Crippen LogP contribution in [0.5, 0.6) is 0 Å². The molecule has 4 nitrogen and oxygen atoms in total. The Bertz CT molecular complexity index is 659. The van der Waals surface area contributed by atoms with Gasteiger partial charge in [-0.25, -0.2) is 4.98 Å². The molecular weight excluding hydrogens is 306 g/mol. The first kappa shape index (κ1) is 14.9. The molecule has 4 rings (SSSR count). The predicted octanol–water partition coefficient (Wildman–Crippen LogP) is 3.53. The number of carbonyl (C=O) groups is 1. The summed E-state index contributed by atoms with van der Waals surface area (Å²) >= 11 is 1.74. The van der Waals surface area contributed by atoms with Gasteiger partial charge in [0, 0.05) is 26.2 Å². The normalized spacial score (nSPS) is 22.5. The highest BCUT2D eigenvalue weighted by Gasteiger charge is 2.30. The third kappa shape index (κ3) is 3.07. The first-order valence-corrected chi connectivity index (χ1v) is 9.52. The fourth-order valence-corrected chi connectivity index (χ4v) is 4.72. The lowest BCUT2D eigenvalue weighted by atomic mass is 9.96. The number of piperidine rings is 2. The smallest absolute Gasteiger partial charge is 0.227 e. The Balaban J connectivity index is 1.48. The molecule has 1 aromatic heterocycles. The second kappa shape index (κ2) is 6.48. The van der Waals surface area contributed by atoms with Gasteiger partial charge in [0.05, 0.1) is 16.1 Å². The standard InChI is InChI=1S/C18H23N3OS/c22-17(20-10-4-1-5-11-20)14-7-6-12-21(13-14)18-19-15-8-2-3-9-16(15)23-18/h2-3,8-9,14H,1,4-7,10-13H2. The van der Waals surface area contributed by atoms with E-state index in [0.717, 1.165) is 49.7 Å². The lowest BCUT2D eigenvalue weighted by molar-refractivity contribution is -0.136. The third-order valence-electron chi connectivity index (χ3n) is 4.99. The highest BCUT2D eigenvalue weighted by Crippen LogP contribution is 2.32. The van der Waals surface area contributed by atoms with Gasteiger partial charge < -0.3 is 9.80 Å². The highest BCUT2D eigenvalue weighted by atomic mass is 32.1. The summed E-state index contributed by atoms with van der Waals surface area (Å²) in [6, 6.07) is 8.28. The Morgan fingerprint density at radius 3 is 2.74 bits per heavy atom. The first-order chi connectivity index (χ1) is 11.3. The van der Waals surface area contributed by atoms with Gasteiger partial charge in [-0.15, -0.1) is 0 Å². The minimum atomic E-state index is 0.147. The second-order valence-electron chi connectivity index (χ2n) is 6.64. The molecule has 1 unspecified atom stereocenters. The van der Waals surface area contributed by atoms with E-state index < -0.39 is 0 Å². The Morgan fingerprint density at radius 1 is 1.09 bits per heavy atom. The van der Waals surface area contributed by atoms with E-state index in [1.54, 1.807) is 11.3 Å². The van der Waals surface area contributed by atoms with Crippen molar-refractivity contribution in [2.75, 3.05) is 31.1 Å². The average molecular weight is 329 g/mol. The fraction of sp³-hybridized carbons (Fsp3) is 0.556. The lowest BCUT2D eigenvalue weighted by Crippen LogP contribution is -2.46. The van der Waals surface area contributed by atoms with E-state index in [2.05, 4.69) is 28.0 Å². The molecule has 5 heteroatoms. The SMILES string of the molecule is O=C(C1CCCN(c2nc3ccccc3s2)C1)N1CCCCC1. The summed E-state index contributed by atoms with van der Waals surface area (Å²) in [6.45, 7) is 3.76. The van der Waals surface area contributed by atoms with E-state index >= 15 is 0 Å². The van der Waals surface area contributed by atoms with Crippen molar-refractivity contribution in [3.05, 3.63) is 24.3 Å². The fourth-order valence-electron chi connectivity index (χ4n) is 3.72. The van der Waals surface area contributed by atoms with Crippen LogP contribution in [0.2, 0.25) is 0 Å². The number of aromatic nitrogens is 1. The minimum Gasteiger partial charge on any atom is -0.347 e. The maximum Gasteiger partial charge on any atom is 0.227 e. The molecule has 1 atom stereocenters. The van der Waals surface area contributed by atoms with Crippen molar-refractivity contribution in [2.45, 2.75) is 32.1 Å². The van der Waals surface area contributed by atoms with E-state index in [1.165, 1.54) is 24.0 Å². The maximum atomic E-state index is 12.8. The van der Waals surface area contributed by atoms with Gasteiger partial charge >= 0.3 is 0 Å². The predicted molar refractivity (Wildman–Crippen MR) is 95.0 cm³/mol. The second-order valence-corrected chi connectivity index (χ2v) is 7.64. The number of fused-ring (bicyclic) bond motifs is 1. The quantitative estimate of drug-likeness (QED) is 0.846. The van der Waals surface area contributed by atoms with Crippen molar-refractivity contribution in [2.24, 2.45) is 5.92 Å². The van der Waals surface area contributed by atoms with Crippen LogP contribution in [0, 0.1) is 5.92 Å². The van der Waals surface area contributed by atoms with Gasteiger partial charge in [0.15, 0.2) is 5.13 Å². The number of rotatable bonds is 2. The van der Waals surface area contributed by atoms with E-state index in [1.807, 2.05) is 6.07 Å². The molecule has 0 bridgehead atoms. The van der Waals surface area contributed by atoms with Crippen LogP contribution in [-0.2, 0) is 4.79 Å². The van der Waals surface area contributed by atoms with Gasteiger partial charge in [-0.05, 0) is 44.2 Å². The summed E-state index contributed by atoms with van der Waals surface area (Å²) in [5.41, 5.74) is 1.07. The summed E-state index contributed by atoms with van der Waals surface area (Å²) in [4.78, 5) is 22.0. The molecule has 3 heterocycles. The lowest BCUT2D eigenvalue weighted by Gasteiger charge is -2.36. The van der Waals surface area contributed by atoms with Crippen molar-refractivity contribution < 1.29 is 4.79 Å². The first-order valence-electron chi connectivity index (χ1n) is 8.70. The molecule has 1 aromatic carbocycles. The zero-order chi connectivity index (χ0) is 15.6. The number of thiazole rings is 1. The number of carbonyl (C=O) groups excluding carboxylic acids is 1. The number of hydrogen-bond acceptors (Lipinski definition) is 4. The van der Waals surface area contributed by atoms with Crippen LogP contribution in [0.4, 0.5) is 5.13 Å². The van der Waals surface area contributed by atoms with Crippen molar-refractivity contribution in [1.29, 1.82) is 0 Å². The molecule has 122 valence electrons. The monoisotopic (exact) mass is 329 g/mol. The molecule has 0 N–H and O–H groups in total. The minimum absolute atomic E-state index is 0.147. The molecular formula is C18H23N3OS. The Hall–Kier alpha value is -1.62. The number of hydrogen-bond donors (Lipinski definition) is 0. The van der Waals surface area contributed by atoms with Gasteiger partial charge in [0.25, 0.3) is 0 Å². The summed E-state index contributed by atoms with van der Waals surface area (Å²) in [6.07, 6.45) is 5.71. The van der Waals surface area contributed by atoms with Crippen molar-refractivity contribution in [1.82, 2.24) is 9.88 Å². The van der Waals surface area contributed by atoms with Gasteiger partial charge in [-0.2, -0.15) is 0 Å². The zero-order valence-corrected chi connectivity index (χ0v) is 14.2. The molecule has 2 aliphatic rings. The van der Waals surface area contributed by atoms with Crippen molar-refractivity contribution in [3.63, 3.8) is 0 Å². The van der Waals surface area contributed by atoms with Gasteiger partial charge in [0.1, 0.15) is 0 Å². The van der Waals surface area contributed by atoms with Crippen molar-refractivity contribution >= 4 is 32.6 Å². The molecule has 1 amide bonds. The van der Waals surface area contributed by atoms with Crippen LogP contribution in [0.1, 0.15) is 32.1 Å². The Labute approximate surface area is 141 Å². The van der Waals surface area contributed by atoms with Gasteiger partial charge in [0.2, 0.25) is 5.91 Å². The van der Waals surface area contributed by atoms with E-state index in [9.17, 15) is 4.79 Å². The molecule has 0 radical (unpaired) electrons. The summed E-state index contributed by atoms with van der Waals surface area (Å²) in [5, 5.41) is 1.07. The average Bonchev–Trinajstić information content (AvgIpc) is 3.06. The molecule has 0 saturated carbocycles. The van der Waals surface area contributed by atoms with Gasteiger partial charge in [-0.3, -0.25) is 4.79 Å². The maximum absolute atomic E-state index is 12.8. The van der Waals surface area contributed by atoms with Crippen LogP contribution in [0.25, 0.3) is 10.2 Å². The van der Waals surface area contributed by atoms with E-state index in [-0.39, 0.29) is 5.92 Å². The zero-order valence-electron chi connectivity index (χ0n) is 13.4. The topological polar surface area (TPSA) is 36.4 Å². The number of anilines is 1. The van der Waals surface area contributed by atoms with Crippen LogP contribution >= 0.6 is 11.3 Å². The number of nitrogens with zero attached hydrogens (tertiary/aromatic N) is 3.